The molecule has 36 heavy (non-hydrogen) atoms. The van der Waals surface area contributed by atoms with Crippen LogP contribution >= 0.6 is 23.2 Å². The minimum absolute atomic E-state index is 0.0630. The number of carbonyl (C=O) groups excluding carboxylic acids is 2. The Bertz CT molecular complexity index is 1190. The van der Waals surface area contributed by atoms with E-state index >= 15 is 0 Å². The molecule has 7 nitrogen and oxygen atoms in total. The maximum atomic E-state index is 13.3. The van der Waals surface area contributed by atoms with Crippen LogP contribution in [-0.4, -0.2) is 50.5 Å². The number of halogens is 2. The number of sulfonamides is 1. The molecule has 2 amide bonds. The molecule has 1 N–H and O–H groups in total. The lowest BCUT2D eigenvalue weighted by Gasteiger charge is -2.30. The summed E-state index contributed by atoms with van der Waals surface area (Å²) in [6, 6.07) is 9.77. The zero-order chi connectivity index (χ0) is 27.0. The number of aryl methyl sites for hydroxylation is 1. The number of benzene rings is 2. The Morgan fingerprint density at radius 1 is 1.11 bits per heavy atom. The number of hydrogen-bond donors (Lipinski definition) is 1. The second kappa shape index (κ2) is 13.3. The van der Waals surface area contributed by atoms with Crippen molar-refractivity contribution in [2.24, 2.45) is 0 Å². The molecule has 2 aromatic rings. The van der Waals surface area contributed by atoms with Crippen molar-refractivity contribution in [3.63, 3.8) is 0 Å². The van der Waals surface area contributed by atoms with E-state index in [1.165, 1.54) is 9.21 Å². The lowest BCUT2D eigenvalue weighted by molar-refractivity contribution is -0.140. The van der Waals surface area contributed by atoms with Gasteiger partial charge < -0.3 is 10.2 Å². The zero-order valence-electron chi connectivity index (χ0n) is 21.5. The third-order valence-electron chi connectivity index (χ3n) is 6.07. The molecule has 198 valence electrons. The van der Waals surface area contributed by atoms with Crippen molar-refractivity contribution in [1.82, 2.24) is 10.2 Å². The summed E-state index contributed by atoms with van der Waals surface area (Å²) < 4.78 is 26.5. The van der Waals surface area contributed by atoms with Gasteiger partial charge in [-0.3, -0.25) is 13.9 Å². The topological polar surface area (TPSA) is 86.8 Å². The van der Waals surface area contributed by atoms with Crippen molar-refractivity contribution >= 4 is 50.7 Å². The number of hydrogen-bond acceptors (Lipinski definition) is 4. The second-order valence-corrected chi connectivity index (χ2v) is 11.6. The molecule has 10 heteroatoms. The molecular weight excluding hydrogens is 521 g/mol. The first kappa shape index (κ1) is 29.9. The molecule has 1 atom stereocenters. The molecule has 0 spiro atoms. The fraction of sp³-hybridized carbons (Fsp3) is 0.462. The van der Waals surface area contributed by atoms with E-state index in [1.807, 2.05) is 32.9 Å². The third kappa shape index (κ3) is 8.11. The molecule has 0 saturated carbocycles. The standard InChI is InChI=1S/C26H35Cl2N3O4S/c1-6-14-29-26(33)20(4)30(17-21-12-13-22(27)16-23(21)28)25(32)11-8-15-31(36(5,34)35)24-10-7-9-18(2)19(24)3/h7,9-10,12-13,16,20H,6,8,11,14-15,17H2,1-5H3,(H,29,33)/t20-/m1/s1. The Hall–Kier alpha value is -2.29. The Kier molecular flexibility index (Phi) is 11.1. The van der Waals surface area contributed by atoms with Gasteiger partial charge in [-0.05, 0) is 68.5 Å². The van der Waals surface area contributed by atoms with E-state index in [1.54, 1.807) is 31.2 Å². The van der Waals surface area contributed by atoms with Crippen molar-refractivity contribution < 1.29 is 18.0 Å². The average Bonchev–Trinajstić information content (AvgIpc) is 2.80. The van der Waals surface area contributed by atoms with Crippen LogP contribution in [0.3, 0.4) is 0 Å². The summed E-state index contributed by atoms with van der Waals surface area (Å²) in [6.45, 7) is 8.20. The lowest BCUT2D eigenvalue weighted by atomic mass is 10.1. The van der Waals surface area contributed by atoms with Gasteiger partial charge in [0.1, 0.15) is 6.04 Å². The lowest BCUT2D eigenvalue weighted by Crippen LogP contribution is -2.48. The normalized spacial score (nSPS) is 12.2. The molecule has 0 aliphatic heterocycles. The predicted molar refractivity (Wildman–Crippen MR) is 147 cm³/mol. The van der Waals surface area contributed by atoms with Gasteiger partial charge in [0.05, 0.1) is 11.9 Å². The van der Waals surface area contributed by atoms with Crippen molar-refractivity contribution in [3.8, 4) is 0 Å². The Balaban J connectivity index is 2.22. The molecule has 2 aromatic carbocycles. The fourth-order valence-corrected chi connectivity index (χ4v) is 5.28. The van der Waals surface area contributed by atoms with Crippen molar-refractivity contribution in [2.75, 3.05) is 23.7 Å². The molecule has 0 aliphatic rings. The number of rotatable bonds is 12. The summed E-state index contributed by atoms with van der Waals surface area (Å²) in [7, 11) is -3.56. The summed E-state index contributed by atoms with van der Waals surface area (Å²) in [5, 5.41) is 3.71. The van der Waals surface area contributed by atoms with Crippen molar-refractivity contribution in [3.05, 3.63) is 63.1 Å². The minimum atomic E-state index is -3.56. The van der Waals surface area contributed by atoms with E-state index in [0.717, 1.165) is 23.8 Å². The first-order valence-electron chi connectivity index (χ1n) is 11.9. The van der Waals surface area contributed by atoms with Crippen LogP contribution in [0.4, 0.5) is 5.69 Å². The molecule has 0 unspecified atom stereocenters. The van der Waals surface area contributed by atoms with Gasteiger partial charge in [0.25, 0.3) is 0 Å². The van der Waals surface area contributed by atoms with E-state index in [-0.39, 0.29) is 37.7 Å². The van der Waals surface area contributed by atoms with Crippen LogP contribution in [0.1, 0.15) is 49.8 Å². The number of amides is 2. The van der Waals surface area contributed by atoms with Crippen LogP contribution in [0.5, 0.6) is 0 Å². The smallest absolute Gasteiger partial charge is 0.242 e. The molecule has 0 fully saturated rings. The highest BCUT2D eigenvalue weighted by Crippen LogP contribution is 2.26. The van der Waals surface area contributed by atoms with E-state index in [4.69, 9.17) is 23.2 Å². The van der Waals surface area contributed by atoms with Gasteiger partial charge in [0.2, 0.25) is 21.8 Å². The first-order valence-corrected chi connectivity index (χ1v) is 14.5. The molecule has 0 saturated heterocycles. The monoisotopic (exact) mass is 555 g/mol. The van der Waals surface area contributed by atoms with Gasteiger partial charge in [0, 0.05) is 36.1 Å². The van der Waals surface area contributed by atoms with Crippen LogP contribution in [0.15, 0.2) is 36.4 Å². The van der Waals surface area contributed by atoms with Crippen molar-refractivity contribution in [2.45, 2.75) is 59.5 Å². The van der Waals surface area contributed by atoms with Gasteiger partial charge in [-0.15, -0.1) is 0 Å². The summed E-state index contributed by atoms with van der Waals surface area (Å²) >= 11 is 12.4. The Labute approximate surface area is 224 Å². The largest absolute Gasteiger partial charge is 0.354 e. The number of anilines is 1. The second-order valence-electron chi connectivity index (χ2n) is 8.88. The van der Waals surface area contributed by atoms with Crippen LogP contribution in [0.25, 0.3) is 0 Å². The number of nitrogens with zero attached hydrogens (tertiary/aromatic N) is 2. The van der Waals surface area contributed by atoms with Gasteiger partial charge in [-0.1, -0.05) is 48.3 Å². The molecule has 0 aliphatic carbocycles. The summed E-state index contributed by atoms with van der Waals surface area (Å²) in [5.74, 6) is -0.530. The van der Waals surface area contributed by atoms with E-state index in [9.17, 15) is 18.0 Å². The molecule has 0 radical (unpaired) electrons. The van der Waals surface area contributed by atoms with Gasteiger partial charge in [0.15, 0.2) is 0 Å². The average molecular weight is 557 g/mol. The van der Waals surface area contributed by atoms with E-state index in [0.29, 0.717) is 27.8 Å². The highest BCUT2D eigenvalue weighted by atomic mass is 35.5. The zero-order valence-corrected chi connectivity index (χ0v) is 23.8. The van der Waals surface area contributed by atoms with E-state index in [2.05, 4.69) is 5.32 Å². The summed E-state index contributed by atoms with van der Waals surface area (Å²) in [6.07, 6.45) is 2.28. The molecular formula is C26H35Cl2N3O4S. The summed E-state index contributed by atoms with van der Waals surface area (Å²) in [5.41, 5.74) is 3.12. The van der Waals surface area contributed by atoms with Crippen molar-refractivity contribution in [1.29, 1.82) is 0 Å². The molecule has 0 heterocycles. The SMILES string of the molecule is CCCNC(=O)[C@@H](C)N(Cc1ccc(Cl)cc1Cl)C(=O)CCCN(c1cccc(C)c1C)S(C)(=O)=O. The van der Waals surface area contributed by atoms with Crippen LogP contribution in [0.2, 0.25) is 10.0 Å². The highest BCUT2D eigenvalue weighted by molar-refractivity contribution is 7.92. The van der Waals surface area contributed by atoms with Crippen LogP contribution in [0, 0.1) is 13.8 Å². The highest BCUT2D eigenvalue weighted by Gasteiger charge is 2.27. The Morgan fingerprint density at radius 2 is 1.81 bits per heavy atom. The maximum Gasteiger partial charge on any atom is 0.242 e. The van der Waals surface area contributed by atoms with Gasteiger partial charge in [-0.25, -0.2) is 8.42 Å². The molecule has 0 bridgehead atoms. The van der Waals surface area contributed by atoms with Gasteiger partial charge in [-0.2, -0.15) is 0 Å². The molecule has 0 aromatic heterocycles. The summed E-state index contributed by atoms with van der Waals surface area (Å²) in [4.78, 5) is 27.5. The number of carbonyl (C=O) groups is 2. The molecule has 2 rings (SSSR count). The Morgan fingerprint density at radius 3 is 2.42 bits per heavy atom. The number of nitrogens with one attached hydrogen (secondary N) is 1. The predicted octanol–water partition coefficient (Wildman–Crippen LogP) is 5.10. The van der Waals surface area contributed by atoms with Gasteiger partial charge >= 0.3 is 0 Å². The van der Waals surface area contributed by atoms with Crippen LogP contribution < -0.4 is 9.62 Å². The van der Waals surface area contributed by atoms with E-state index < -0.39 is 16.1 Å². The maximum absolute atomic E-state index is 13.3. The van der Waals surface area contributed by atoms with Crippen LogP contribution in [-0.2, 0) is 26.2 Å². The fourth-order valence-electron chi connectivity index (χ4n) is 3.80. The third-order valence-corrected chi connectivity index (χ3v) is 7.84. The minimum Gasteiger partial charge on any atom is -0.354 e. The first-order chi connectivity index (χ1) is 16.9. The quantitative estimate of drug-likeness (QED) is 0.394.